The Labute approximate surface area is 93.2 Å². The number of nitrogens with zero attached hydrogens (tertiary/aromatic N) is 2. The van der Waals surface area contributed by atoms with Crippen LogP contribution in [0.25, 0.3) is 5.69 Å². The van der Waals surface area contributed by atoms with Crippen molar-refractivity contribution in [2.75, 3.05) is 0 Å². The van der Waals surface area contributed by atoms with Gasteiger partial charge in [-0.3, -0.25) is 9.36 Å². The third-order valence-electron chi connectivity index (χ3n) is 2.42. The normalized spacial score (nSPS) is 9.75. The molecule has 78 valence electrons. The zero-order valence-electron chi connectivity index (χ0n) is 8.84. The molecule has 0 N–H and O–H groups in total. The molecule has 3 nitrogen and oxygen atoms in total. The van der Waals surface area contributed by atoms with Crippen LogP contribution in [0.3, 0.4) is 0 Å². The van der Waals surface area contributed by atoms with Crippen molar-refractivity contribution in [3.05, 3.63) is 64.1 Å². The molecule has 0 fully saturated rings. The maximum Gasteiger partial charge on any atom is 0.258 e. The van der Waals surface area contributed by atoms with Crippen molar-refractivity contribution in [1.82, 2.24) is 4.57 Å². The molecule has 0 atom stereocenters. The number of pyridine rings is 1. The molecule has 0 saturated heterocycles. The van der Waals surface area contributed by atoms with Crippen LogP contribution >= 0.6 is 0 Å². The van der Waals surface area contributed by atoms with Crippen LogP contribution in [0.4, 0.5) is 0 Å². The van der Waals surface area contributed by atoms with Crippen LogP contribution in [-0.4, -0.2) is 4.57 Å². The van der Waals surface area contributed by atoms with Crippen molar-refractivity contribution in [2.24, 2.45) is 0 Å². The third-order valence-corrected chi connectivity index (χ3v) is 2.42. The highest BCUT2D eigenvalue weighted by Crippen LogP contribution is 2.11. The summed E-state index contributed by atoms with van der Waals surface area (Å²) >= 11 is 0. The van der Waals surface area contributed by atoms with Gasteiger partial charge >= 0.3 is 0 Å². The summed E-state index contributed by atoms with van der Waals surface area (Å²) < 4.78 is 1.49. The van der Waals surface area contributed by atoms with E-state index in [2.05, 4.69) is 6.07 Å². The number of hydrogen-bond donors (Lipinski definition) is 0. The summed E-state index contributed by atoms with van der Waals surface area (Å²) in [5, 5.41) is 8.97. The van der Waals surface area contributed by atoms with Gasteiger partial charge in [0.05, 0.1) is 11.3 Å². The smallest absolute Gasteiger partial charge is 0.258 e. The first-order valence-electron chi connectivity index (χ1n) is 4.92. The molecule has 0 radical (unpaired) electrons. The van der Waals surface area contributed by atoms with Crippen molar-refractivity contribution in [3.8, 4) is 11.8 Å². The molecule has 0 bridgehead atoms. The molecule has 2 rings (SSSR count). The van der Waals surface area contributed by atoms with Gasteiger partial charge in [0.2, 0.25) is 0 Å². The summed E-state index contributed by atoms with van der Waals surface area (Å²) in [4.78, 5) is 11.9. The Bertz CT molecular complexity index is 620. The van der Waals surface area contributed by atoms with E-state index in [9.17, 15) is 4.79 Å². The highest BCUT2D eigenvalue weighted by atomic mass is 16.1. The standard InChI is InChI=1S/C13H10N2O/c1-10-5-4-8-15(13(10)16)12-7-3-2-6-11(12)9-14/h2-8H,1H3. The Morgan fingerprint density at radius 2 is 1.94 bits per heavy atom. The predicted octanol–water partition coefficient (Wildman–Crippen LogP) is 2.02. The fourth-order valence-electron chi connectivity index (χ4n) is 1.57. The molecule has 0 spiro atoms. The van der Waals surface area contributed by atoms with Crippen molar-refractivity contribution in [1.29, 1.82) is 5.26 Å². The molecule has 3 heteroatoms. The maximum absolute atomic E-state index is 11.9. The SMILES string of the molecule is Cc1cccn(-c2ccccc2C#N)c1=O. The molecular weight excluding hydrogens is 200 g/mol. The first kappa shape index (κ1) is 10.2. The van der Waals surface area contributed by atoms with Crippen LogP contribution in [0.2, 0.25) is 0 Å². The van der Waals surface area contributed by atoms with Gasteiger partial charge in [-0.25, -0.2) is 0 Å². The lowest BCUT2D eigenvalue weighted by Gasteiger charge is -2.07. The number of aryl methyl sites for hydroxylation is 1. The van der Waals surface area contributed by atoms with Gasteiger partial charge in [0.25, 0.3) is 5.56 Å². The molecule has 16 heavy (non-hydrogen) atoms. The summed E-state index contributed by atoms with van der Waals surface area (Å²) in [6.45, 7) is 1.76. The molecular formula is C13H10N2O. The highest BCUT2D eigenvalue weighted by molar-refractivity contribution is 5.48. The average molecular weight is 210 g/mol. The van der Waals surface area contributed by atoms with Gasteiger partial charge in [0.15, 0.2) is 0 Å². The summed E-state index contributed by atoms with van der Waals surface area (Å²) in [6, 6.07) is 12.7. The number of nitriles is 1. The summed E-state index contributed by atoms with van der Waals surface area (Å²) in [5.41, 5.74) is 1.69. The minimum absolute atomic E-state index is 0.0924. The van der Waals surface area contributed by atoms with E-state index in [0.29, 0.717) is 16.8 Å². The van der Waals surface area contributed by atoms with Crippen molar-refractivity contribution in [3.63, 3.8) is 0 Å². The van der Waals surface area contributed by atoms with Gasteiger partial charge in [0, 0.05) is 11.8 Å². The van der Waals surface area contributed by atoms with Gasteiger partial charge in [0.1, 0.15) is 6.07 Å². The van der Waals surface area contributed by atoms with E-state index < -0.39 is 0 Å². The molecule has 1 aromatic heterocycles. The van der Waals surface area contributed by atoms with E-state index in [1.807, 2.05) is 6.07 Å². The van der Waals surface area contributed by atoms with Gasteiger partial charge in [-0.05, 0) is 25.1 Å². The highest BCUT2D eigenvalue weighted by Gasteiger charge is 2.05. The fourth-order valence-corrected chi connectivity index (χ4v) is 1.57. The van der Waals surface area contributed by atoms with E-state index in [0.717, 1.165) is 0 Å². The molecule has 0 amide bonds. The molecule has 0 aliphatic rings. The quantitative estimate of drug-likeness (QED) is 0.722. The lowest BCUT2D eigenvalue weighted by molar-refractivity contribution is 0.966. The number of rotatable bonds is 1. The minimum atomic E-state index is -0.0924. The van der Waals surface area contributed by atoms with Crippen LogP contribution in [0.1, 0.15) is 11.1 Å². The first-order valence-corrected chi connectivity index (χ1v) is 4.92. The molecule has 0 saturated carbocycles. The second kappa shape index (κ2) is 4.03. The largest absolute Gasteiger partial charge is 0.283 e. The van der Waals surface area contributed by atoms with E-state index in [-0.39, 0.29) is 5.56 Å². The van der Waals surface area contributed by atoms with E-state index in [4.69, 9.17) is 5.26 Å². The monoisotopic (exact) mass is 210 g/mol. The first-order chi connectivity index (χ1) is 7.74. The number of hydrogen-bond acceptors (Lipinski definition) is 2. The Morgan fingerprint density at radius 1 is 1.19 bits per heavy atom. The Balaban J connectivity index is 2.74. The Kier molecular flexibility index (Phi) is 2.57. The molecule has 1 aromatic carbocycles. The van der Waals surface area contributed by atoms with E-state index in [1.54, 1.807) is 43.5 Å². The van der Waals surface area contributed by atoms with Gasteiger partial charge in [-0.15, -0.1) is 0 Å². The van der Waals surface area contributed by atoms with Gasteiger partial charge in [-0.2, -0.15) is 5.26 Å². The summed E-state index contributed by atoms with van der Waals surface area (Å²) in [7, 11) is 0. The molecule has 0 unspecified atom stereocenters. The molecule has 2 aromatic rings. The second-order valence-corrected chi connectivity index (χ2v) is 3.50. The fraction of sp³-hybridized carbons (Fsp3) is 0.0769. The number of para-hydroxylation sites is 1. The zero-order valence-corrected chi connectivity index (χ0v) is 8.84. The molecule has 1 heterocycles. The summed E-state index contributed by atoms with van der Waals surface area (Å²) in [5.74, 6) is 0. The number of benzene rings is 1. The van der Waals surface area contributed by atoms with Crippen LogP contribution in [0.15, 0.2) is 47.4 Å². The topological polar surface area (TPSA) is 45.8 Å². The lowest BCUT2D eigenvalue weighted by atomic mass is 10.2. The average Bonchev–Trinajstić information content (AvgIpc) is 2.33. The molecule has 0 aliphatic carbocycles. The second-order valence-electron chi connectivity index (χ2n) is 3.50. The van der Waals surface area contributed by atoms with Gasteiger partial charge in [-0.1, -0.05) is 18.2 Å². The van der Waals surface area contributed by atoms with Crippen molar-refractivity contribution >= 4 is 0 Å². The van der Waals surface area contributed by atoms with E-state index >= 15 is 0 Å². The van der Waals surface area contributed by atoms with Crippen LogP contribution in [0.5, 0.6) is 0 Å². The van der Waals surface area contributed by atoms with Gasteiger partial charge < -0.3 is 0 Å². The third kappa shape index (κ3) is 1.61. The van der Waals surface area contributed by atoms with Crippen LogP contribution in [-0.2, 0) is 0 Å². The Morgan fingerprint density at radius 3 is 2.69 bits per heavy atom. The Hall–Kier alpha value is -2.34. The van der Waals surface area contributed by atoms with Crippen LogP contribution < -0.4 is 5.56 Å². The van der Waals surface area contributed by atoms with Crippen molar-refractivity contribution < 1.29 is 0 Å². The minimum Gasteiger partial charge on any atom is -0.283 e. The van der Waals surface area contributed by atoms with Crippen molar-refractivity contribution in [2.45, 2.75) is 6.92 Å². The van der Waals surface area contributed by atoms with Crippen LogP contribution in [0, 0.1) is 18.3 Å². The zero-order chi connectivity index (χ0) is 11.5. The van der Waals surface area contributed by atoms with E-state index in [1.165, 1.54) is 4.57 Å². The lowest BCUT2D eigenvalue weighted by Crippen LogP contribution is -2.20. The number of aromatic nitrogens is 1. The maximum atomic E-state index is 11.9. The predicted molar refractivity (Wildman–Crippen MR) is 61.5 cm³/mol. The summed E-state index contributed by atoms with van der Waals surface area (Å²) in [6.07, 6.45) is 1.67. The molecule has 0 aliphatic heterocycles.